The van der Waals surface area contributed by atoms with Crippen LogP contribution in [0.5, 0.6) is 5.75 Å². The summed E-state index contributed by atoms with van der Waals surface area (Å²) in [7, 11) is 1.61. The van der Waals surface area contributed by atoms with Gasteiger partial charge in [0.1, 0.15) is 11.9 Å². The van der Waals surface area contributed by atoms with Crippen molar-refractivity contribution in [2.45, 2.75) is 57.5 Å². The summed E-state index contributed by atoms with van der Waals surface area (Å²) in [6.45, 7) is 2.93. The SMILES string of the molecule is COc1ccc2nccc([C@H](F)CC[C@@H]3CCN(CCCCc4nccs4)C[C@H]3CCC(=O)O)c2c1. The molecule has 6 nitrogen and oxygen atoms in total. The Labute approximate surface area is 216 Å². The van der Waals surface area contributed by atoms with Gasteiger partial charge in [-0.2, -0.15) is 0 Å². The Balaban J connectivity index is 1.33. The first-order valence-electron chi connectivity index (χ1n) is 12.9. The minimum Gasteiger partial charge on any atom is -0.497 e. The molecule has 1 saturated heterocycles. The molecular formula is C28H36FN3O3S. The second-order valence-corrected chi connectivity index (χ2v) is 10.7. The first kappa shape index (κ1) is 26.5. The largest absolute Gasteiger partial charge is 0.497 e. The maximum Gasteiger partial charge on any atom is 0.303 e. The van der Waals surface area contributed by atoms with E-state index in [-0.39, 0.29) is 12.3 Å². The number of alkyl halides is 1. The number of likely N-dealkylation sites (tertiary alicyclic amines) is 1. The molecule has 0 unspecified atom stereocenters. The number of fused-ring (bicyclic) bond motifs is 1. The summed E-state index contributed by atoms with van der Waals surface area (Å²) in [6, 6.07) is 7.32. The number of nitrogens with zero attached hydrogens (tertiary/aromatic N) is 3. The number of aliphatic carboxylic acids is 1. The Hall–Kier alpha value is -2.58. The summed E-state index contributed by atoms with van der Waals surface area (Å²) >= 11 is 1.71. The summed E-state index contributed by atoms with van der Waals surface area (Å²) in [5, 5.41) is 13.3. The molecule has 8 heteroatoms. The van der Waals surface area contributed by atoms with Crippen molar-refractivity contribution in [1.29, 1.82) is 0 Å². The lowest BCUT2D eigenvalue weighted by Crippen LogP contribution is -2.41. The Morgan fingerprint density at radius 2 is 2.11 bits per heavy atom. The van der Waals surface area contributed by atoms with Gasteiger partial charge in [-0.05, 0) is 99.7 Å². The van der Waals surface area contributed by atoms with Crippen LogP contribution in [0.25, 0.3) is 10.9 Å². The van der Waals surface area contributed by atoms with Crippen LogP contribution in [0.3, 0.4) is 0 Å². The molecule has 3 heterocycles. The van der Waals surface area contributed by atoms with E-state index in [9.17, 15) is 9.90 Å². The van der Waals surface area contributed by atoms with Gasteiger partial charge in [0.2, 0.25) is 0 Å². The molecule has 0 spiro atoms. The number of ether oxygens (including phenoxy) is 1. The predicted molar refractivity (Wildman–Crippen MR) is 141 cm³/mol. The van der Waals surface area contributed by atoms with E-state index in [0.717, 1.165) is 62.6 Å². The minimum absolute atomic E-state index is 0.174. The van der Waals surface area contributed by atoms with E-state index in [1.54, 1.807) is 30.7 Å². The predicted octanol–water partition coefficient (Wildman–Crippen LogP) is 6.32. The van der Waals surface area contributed by atoms with Crippen LogP contribution in [0.15, 0.2) is 42.0 Å². The fraction of sp³-hybridized carbons (Fsp3) is 0.536. The van der Waals surface area contributed by atoms with Crippen molar-refractivity contribution in [3.63, 3.8) is 0 Å². The first-order valence-corrected chi connectivity index (χ1v) is 13.8. The molecule has 0 radical (unpaired) electrons. The number of benzene rings is 1. The summed E-state index contributed by atoms with van der Waals surface area (Å²) in [5.41, 5.74) is 1.41. The van der Waals surface area contributed by atoms with Crippen molar-refractivity contribution in [1.82, 2.24) is 14.9 Å². The number of rotatable bonds is 13. The number of thiazole rings is 1. The first-order chi connectivity index (χ1) is 17.5. The molecule has 3 atom stereocenters. The highest BCUT2D eigenvalue weighted by atomic mass is 32.1. The Bertz CT molecular complexity index is 1110. The third kappa shape index (κ3) is 7.23. The fourth-order valence-electron chi connectivity index (χ4n) is 5.43. The van der Waals surface area contributed by atoms with Gasteiger partial charge >= 0.3 is 5.97 Å². The van der Waals surface area contributed by atoms with Crippen LogP contribution in [0.1, 0.15) is 61.7 Å². The number of halogens is 1. The standard InChI is InChI=1S/C28H36FN3O3S/c1-35-22-7-9-26-24(18-22)23(11-13-30-26)25(29)8-5-20-12-16-32(19-21(20)6-10-28(33)34)15-3-2-4-27-31-14-17-36-27/h7,9,11,13-14,17-18,20-21,25H,2-6,8,10,12,15-16,19H2,1H3,(H,33,34)/t20-,21-,25-/m1/s1. The lowest BCUT2D eigenvalue weighted by molar-refractivity contribution is -0.137. The lowest BCUT2D eigenvalue weighted by Gasteiger charge is -2.39. The fourth-order valence-corrected chi connectivity index (χ4v) is 6.09. The van der Waals surface area contributed by atoms with Crippen molar-refractivity contribution in [3.05, 3.63) is 52.6 Å². The van der Waals surface area contributed by atoms with Crippen molar-refractivity contribution < 1.29 is 19.0 Å². The van der Waals surface area contributed by atoms with Gasteiger partial charge in [0.25, 0.3) is 0 Å². The molecule has 1 N–H and O–H groups in total. The van der Waals surface area contributed by atoms with Gasteiger partial charge in [0, 0.05) is 36.1 Å². The molecule has 36 heavy (non-hydrogen) atoms. The number of carboxylic acids is 1. The maximum atomic E-state index is 15.5. The molecule has 1 aromatic carbocycles. The Morgan fingerprint density at radius 1 is 1.22 bits per heavy atom. The number of aromatic nitrogens is 2. The van der Waals surface area contributed by atoms with E-state index in [2.05, 4.69) is 14.9 Å². The quantitative estimate of drug-likeness (QED) is 0.270. The minimum atomic E-state index is -1.09. The van der Waals surface area contributed by atoms with Crippen LogP contribution in [-0.2, 0) is 11.2 Å². The third-order valence-electron chi connectivity index (χ3n) is 7.41. The number of hydrogen-bond donors (Lipinski definition) is 1. The van der Waals surface area contributed by atoms with Gasteiger partial charge in [0.15, 0.2) is 0 Å². The van der Waals surface area contributed by atoms with Crippen molar-refractivity contribution in [3.8, 4) is 5.75 Å². The van der Waals surface area contributed by atoms with Crippen LogP contribution < -0.4 is 4.74 Å². The van der Waals surface area contributed by atoms with Crippen LogP contribution in [-0.4, -0.2) is 52.7 Å². The molecule has 1 aliphatic rings. The number of methoxy groups -OCH3 is 1. The smallest absolute Gasteiger partial charge is 0.303 e. The summed E-state index contributed by atoms with van der Waals surface area (Å²) in [6.07, 6.45) is 8.69. The topological polar surface area (TPSA) is 75.5 Å². The average molecular weight is 514 g/mol. The number of hydrogen-bond acceptors (Lipinski definition) is 6. The molecule has 0 amide bonds. The van der Waals surface area contributed by atoms with Crippen molar-refractivity contribution in [2.24, 2.45) is 11.8 Å². The van der Waals surface area contributed by atoms with Crippen molar-refractivity contribution >= 4 is 28.2 Å². The molecule has 1 fully saturated rings. The highest BCUT2D eigenvalue weighted by Gasteiger charge is 2.30. The van der Waals surface area contributed by atoms with Gasteiger partial charge in [-0.3, -0.25) is 9.78 Å². The van der Waals surface area contributed by atoms with Crippen molar-refractivity contribution in [2.75, 3.05) is 26.7 Å². The van der Waals surface area contributed by atoms with Crippen LogP contribution in [0, 0.1) is 11.8 Å². The molecule has 2 aromatic heterocycles. The summed E-state index contributed by atoms with van der Waals surface area (Å²) < 4.78 is 20.8. The van der Waals surface area contributed by atoms with Crippen LogP contribution >= 0.6 is 11.3 Å². The number of aryl methyl sites for hydroxylation is 1. The van der Waals surface area contributed by atoms with Crippen LogP contribution in [0.2, 0.25) is 0 Å². The zero-order valence-corrected chi connectivity index (χ0v) is 21.8. The zero-order valence-electron chi connectivity index (χ0n) is 20.9. The number of unbranched alkanes of at least 4 members (excludes halogenated alkanes) is 1. The number of pyridine rings is 1. The second kappa shape index (κ2) is 13.1. The molecule has 194 valence electrons. The molecule has 4 rings (SSSR count). The van der Waals surface area contributed by atoms with E-state index in [1.807, 2.05) is 29.8 Å². The number of carboxylic acid groups (broad SMARTS) is 1. The molecule has 1 aliphatic heterocycles. The van der Waals surface area contributed by atoms with Gasteiger partial charge in [-0.15, -0.1) is 11.3 Å². The van der Waals surface area contributed by atoms with E-state index < -0.39 is 12.1 Å². The zero-order chi connectivity index (χ0) is 25.3. The number of piperidine rings is 1. The normalized spacial score (nSPS) is 19.4. The van der Waals surface area contributed by atoms with E-state index in [0.29, 0.717) is 30.1 Å². The third-order valence-corrected chi connectivity index (χ3v) is 8.25. The molecule has 0 bridgehead atoms. The number of carbonyl (C=O) groups is 1. The van der Waals surface area contributed by atoms with Gasteiger partial charge in [-0.25, -0.2) is 9.37 Å². The Kier molecular flexibility index (Phi) is 9.64. The Morgan fingerprint density at radius 3 is 2.89 bits per heavy atom. The maximum absolute atomic E-state index is 15.5. The summed E-state index contributed by atoms with van der Waals surface area (Å²) in [5.74, 6) is 0.568. The van der Waals surface area contributed by atoms with E-state index >= 15 is 4.39 Å². The highest BCUT2D eigenvalue weighted by molar-refractivity contribution is 7.09. The lowest BCUT2D eigenvalue weighted by atomic mass is 9.79. The monoisotopic (exact) mass is 513 g/mol. The molecule has 0 aliphatic carbocycles. The van der Waals surface area contributed by atoms with Gasteiger partial charge in [-0.1, -0.05) is 0 Å². The second-order valence-electron chi connectivity index (χ2n) is 9.75. The summed E-state index contributed by atoms with van der Waals surface area (Å²) in [4.78, 5) is 22.5. The molecular weight excluding hydrogens is 477 g/mol. The van der Waals surface area contributed by atoms with E-state index in [4.69, 9.17) is 4.74 Å². The molecule has 0 saturated carbocycles. The van der Waals surface area contributed by atoms with Gasteiger partial charge in [0.05, 0.1) is 17.6 Å². The highest BCUT2D eigenvalue weighted by Crippen LogP contribution is 2.36. The van der Waals surface area contributed by atoms with Crippen LogP contribution in [0.4, 0.5) is 4.39 Å². The molecule has 3 aromatic rings. The van der Waals surface area contributed by atoms with E-state index in [1.165, 1.54) is 5.01 Å². The average Bonchev–Trinajstić information content (AvgIpc) is 3.42. The van der Waals surface area contributed by atoms with Gasteiger partial charge < -0.3 is 14.7 Å².